The highest BCUT2D eigenvalue weighted by molar-refractivity contribution is 7.55. The van der Waals surface area contributed by atoms with E-state index in [2.05, 4.69) is 13.0 Å². The lowest BCUT2D eigenvalue weighted by molar-refractivity contribution is -0.117. The Bertz CT molecular complexity index is 456. The minimum Gasteiger partial charge on any atom is -0.497 e. The van der Waals surface area contributed by atoms with Gasteiger partial charge in [0, 0.05) is 12.0 Å². The predicted octanol–water partition coefficient (Wildman–Crippen LogP) is 1.82. The highest BCUT2D eigenvalue weighted by atomic mass is 31.1. The molecule has 1 heterocycles. The van der Waals surface area contributed by atoms with Gasteiger partial charge in [-0.2, -0.15) is 0 Å². The first-order valence-corrected chi connectivity index (χ1v) is 7.65. The maximum Gasteiger partial charge on any atom is 0.231 e. The summed E-state index contributed by atoms with van der Waals surface area (Å²) in [6.45, 7) is 2.11. The van der Waals surface area contributed by atoms with Gasteiger partial charge in [0.15, 0.2) is 0 Å². The molecule has 1 amide bonds. The van der Waals surface area contributed by atoms with Gasteiger partial charge in [-0.05, 0) is 30.4 Å². The number of hydrogen-bond acceptors (Lipinski definition) is 2. The van der Waals surface area contributed by atoms with E-state index in [1.54, 1.807) is 7.11 Å². The van der Waals surface area contributed by atoms with E-state index in [1.165, 1.54) is 0 Å². The van der Waals surface area contributed by atoms with Crippen molar-refractivity contribution in [1.29, 1.82) is 0 Å². The van der Waals surface area contributed by atoms with Crippen LogP contribution in [0.5, 0.6) is 5.75 Å². The molecule has 0 N–H and O–H groups in total. The van der Waals surface area contributed by atoms with Crippen LogP contribution in [0.25, 0.3) is 0 Å². The molecule has 16 heavy (non-hydrogen) atoms. The molecular formula is C12H16NO2P. The fraction of sp³-hybridized carbons (Fsp3) is 0.333. The first-order chi connectivity index (χ1) is 7.61. The van der Waals surface area contributed by atoms with E-state index in [0.717, 1.165) is 23.3 Å². The molecule has 1 atom stereocenters. The van der Waals surface area contributed by atoms with Gasteiger partial charge >= 0.3 is 0 Å². The summed E-state index contributed by atoms with van der Waals surface area (Å²) in [5.41, 5.74) is 2.09. The molecule has 1 aliphatic rings. The fourth-order valence-corrected chi connectivity index (χ4v) is 2.82. The summed E-state index contributed by atoms with van der Waals surface area (Å²) in [5.74, 6) is 0.987. The van der Waals surface area contributed by atoms with Gasteiger partial charge in [-0.3, -0.25) is 4.79 Å². The quantitative estimate of drug-likeness (QED) is 0.750. The van der Waals surface area contributed by atoms with Gasteiger partial charge in [-0.25, -0.2) is 0 Å². The largest absolute Gasteiger partial charge is 0.497 e. The number of methoxy groups -OCH3 is 1. The third-order valence-corrected chi connectivity index (χ3v) is 3.50. The third-order valence-electron chi connectivity index (χ3n) is 2.65. The number of benzene rings is 1. The number of amides is 1. The van der Waals surface area contributed by atoms with Crippen LogP contribution in [-0.4, -0.2) is 32.3 Å². The average Bonchev–Trinajstić information content (AvgIpc) is 2.54. The van der Waals surface area contributed by atoms with Gasteiger partial charge in [-0.1, -0.05) is 0 Å². The SMILES string of the molecule is C=[PH](C)CN1C(=O)Cc2cc(OC)ccc21. The molecular weight excluding hydrogens is 221 g/mol. The van der Waals surface area contributed by atoms with E-state index < -0.39 is 7.55 Å². The van der Waals surface area contributed by atoms with E-state index in [4.69, 9.17) is 4.74 Å². The zero-order valence-corrected chi connectivity index (χ0v) is 10.6. The van der Waals surface area contributed by atoms with Crippen LogP contribution in [0.1, 0.15) is 5.56 Å². The Kier molecular flexibility index (Phi) is 3.06. The maximum absolute atomic E-state index is 11.8. The minimum absolute atomic E-state index is 0.177. The van der Waals surface area contributed by atoms with Crippen LogP contribution in [0.15, 0.2) is 18.2 Å². The van der Waals surface area contributed by atoms with Gasteiger partial charge in [0.1, 0.15) is 5.75 Å². The Balaban J connectivity index is 2.34. The van der Waals surface area contributed by atoms with E-state index in [-0.39, 0.29) is 5.91 Å². The minimum atomic E-state index is -0.683. The lowest BCUT2D eigenvalue weighted by atomic mass is 10.1. The first kappa shape index (κ1) is 11.3. The molecule has 1 aliphatic heterocycles. The summed E-state index contributed by atoms with van der Waals surface area (Å²) in [6.07, 6.45) is 5.29. The average molecular weight is 237 g/mol. The van der Waals surface area contributed by atoms with E-state index in [9.17, 15) is 4.79 Å². The maximum atomic E-state index is 11.8. The lowest BCUT2D eigenvalue weighted by Gasteiger charge is -2.17. The van der Waals surface area contributed by atoms with Crippen LogP contribution in [0, 0.1) is 0 Å². The molecule has 2 rings (SSSR count). The molecule has 0 spiro atoms. The summed E-state index contributed by atoms with van der Waals surface area (Å²) in [7, 11) is 0.955. The molecule has 0 fully saturated rings. The molecule has 0 radical (unpaired) electrons. The van der Waals surface area contributed by atoms with E-state index in [1.807, 2.05) is 23.1 Å². The molecule has 1 aromatic rings. The first-order valence-electron chi connectivity index (χ1n) is 5.23. The molecule has 1 aromatic carbocycles. The number of hydrogen-bond donors (Lipinski definition) is 0. The highest BCUT2D eigenvalue weighted by Gasteiger charge is 2.26. The van der Waals surface area contributed by atoms with Crippen molar-refractivity contribution in [3.63, 3.8) is 0 Å². The normalized spacial score (nSPS) is 16.1. The van der Waals surface area contributed by atoms with Gasteiger partial charge in [-0.15, -0.1) is 13.8 Å². The number of carbonyl (C=O) groups excluding carboxylic acids is 1. The predicted molar refractivity (Wildman–Crippen MR) is 70.4 cm³/mol. The zero-order valence-electron chi connectivity index (χ0n) is 9.62. The Morgan fingerprint density at radius 1 is 1.56 bits per heavy atom. The molecule has 3 nitrogen and oxygen atoms in total. The molecule has 0 saturated carbocycles. The van der Waals surface area contributed by atoms with Crippen molar-refractivity contribution in [3.05, 3.63) is 23.8 Å². The van der Waals surface area contributed by atoms with Crippen molar-refractivity contribution < 1.29 is 9.53 Å². The fourth-order valence-electron chi connectivity index (χ4n) is 1.93. The third kappa shape index (κ3) is 2.00. The summed E-state index contributed by atoms with van der Waals surface area (Å²) < 4.78 is 5.16. The number of nitrogens with zero attached hydrogens (tertiary/aromatic N) is 1. The molecule has 0 saturated heterocycles. The van der Waals surface area contributed by atoms with Crippen LogP contribution < -0.4 is 9.64 Å². The summed E-state index contributed by atoms with van der Waals surface area (Å²) in [6, 6.07) is 5.80. The highest BCUT2D eigenvalue weighted by Crippen LogP contribution is 2.34. The number of fused-ring (bicyclic) bond motifs is 1. The van der Waals surface area contributed by atoms with Crippen molar-refractivity contribution in [1.82, 2.24) is 0 Å². The molecule has 0 bridgehead atoms. The topological polar surface area (TPSA) is 29.5 Å². The molecule has 0 aromatic heterocycles. The van der Waals surface area contributed by atoms with Crippen molar-refractivity contribution >= 4 is 25.4 Å². The van der Waals surface area contributed by atoms with Gasteiger partial charge < -0.3 is 9.64 Å². The Labute approximate surface area is 96.4 Å². The van der Waals surface area contributed by atoms with Gasteiger partial charge in [0.05, 0.1) is 13.5 Å². The standard InChI is InChI=1S/C12H16NO2P/c1-15-10-4-5-11-9(6-10)7-12(14)13(11)8-16(2)3/h4-6,16H,2,7-8H2,1,3H3. The summed E-state index contributed by atoms with van der Waals surface area (Å²) in [4.78, 5) is 13.7. The number of anilines is 1. The summed E-state index contributed by atoms with van der Waals surface area (Å²) in [5, 5.41) is 0. The lowest BCUT2D eigenvalue weighted by Crippen LogP contribution is -2.25. The van der Waals surface area contributed by atoms with Crippen LogP contribution >= 0.6 is 7.55 Å². The molecule has 86 valence electrons. The van der Waals surface area contributed by atoms with Crippen LogP contribution in [0.3, 0.4) is 0 Å². The number of rotatable bonds is 3. The Morgan fingerprint density at radius 2 is 2.31 bits per heavy atom. The Hall–Kier alpha value is -1.21. The van der Waals surface area contributed by atoms with Crippen molar-refractivity contribution in [3.8, 4) is 5.75 Å². The monoisotopic (exact) mass is 237 g/mol. The number of carbonyl (C=O) groups is 1. The summed E-state index contributed by atoms with van der Waals surface area (Å²) >= 11 is 0. The van der Waals surface area contributed by atoms with Crippen molar-refractivity contribution in [2.75, 3.05) is 25.0 Å². The smallest absolute Gasteiger partial charge is 0.231 e. The van der Waals surface area contributed by atoms with E-state index >= 15 is 0 Å². The van der Waals surface area contributed by atoms with Crippen LogP contribution in [0.4, 0.5) is 5.69 Å². The molecule has 0 aliphatic carbocycles. The molecule has 1 unspecified atom stereocenters. The zero-order chi connectivity index (χ0) is 11.7. The molecule has 4 heteroatoms. The van der Waals surface area contributed by atoms with Gasteiger partial charge in [0.25, 0.3) is 0 Å². The van der Waals surface area contributed by atoms with Crippen LogP contribution in [-0.2, 0) is 11.2 Å². The van der Waals surface area contributed by atoms with Crippen molar-refractivity contribution in [2.45, 2.75) is 6.42 Å². The Morgan fingerprint density at radius 3 is 2.94 bits per heavy atom. The second kappa shape index (κ2) is 4.34. The van der Waals surface area contributed by atoms with Crippen molar-refractivity contribution in [2.24, 2.45) is 0 Å². The van der Waals surface area contributed by atoms with Crippen LogP contribution in [0.2, 0.25) is 0 Å². The second-order valence-electron chi connectivity index (χ2n) is 4.11. The number of ether oxygens (including phenoxy) is 1. The second-order valence-corrected chi connectivity index (χ2v) is 6.34. The van der Waals surface area contributed by atoms with E-state index in [0.29, 0.717) is 6.42 Å². The van der Waals surface area contributed by atoms with Gasteiger partial charge in [0.2, 0.25) is 5.91 Å².